The minimum Gasteiger partial charge on any atom is -0.497 e. The molecule has 0 aliphatic rings. The van der Waals surface area contributed by atoms with Crippen LogP contribution in [0.2, 0.25) is 0 Å². The zero-order valence-corrected chi connectivity index (χ0v) is 13.9. The lowest BCUT2D eigenvalue weighted by atomic mass is 10.1. The smallest absolute Gasteiger partial charge is 0.127 e. The van der Waals surface area contributed by atoms with E-state index < -0.39 is 0 Å². The van der Waals surface area contributed by atoms with E-state index in [1.807, 2.05) is 24.3 Å². The van der Waals surface area contributed by atoms with E-state index in [0.29, 0.717) is 0 Å². The van der Waals surface area contributed by atoms with Crippen LogP contribution < -0.4 is 9.47 Å². The van der Waals surface area contributed by atoms with Gasteiger partial charge in [0.1, 0.15) is 11.5 Å². The quantitative estimate of drug-likeness (QED) is 0.681. The second-order valence-corrected chi connectivity index (χ2v) is 6.32. The zero-order chi connectivity index (χ0) is 13.1. The van der Waals surface area contributed by atoms with Gasteiger partial charge in [0.15, 0.2) is 0 Å². The molecular weight excluding hydrogens is 380 g/mol. The van der Waals surface area contributed by atoms with Gasteiger partial charge in [0.05, 0.1) is 19.0 Å². The first-order valence-electron chi connectivity index (χ1n) is 5.26. The Hall–Kier alpha value is -0.520. The number of hydrogen-bond acceptors (Lipinski definition) is 3. The molecule has 0 bridgehead atoms. The van der Waals surface area contributed by atoms with E-state index in [4.69, 9.17) is 9.47 Å². The summed E-state index contributed by atoms with van der Waals surface area (Å²) in [5.41, 5.74) is 1.08. The summed E-state index contributed by atoms with van der Waals surface area (Å²) >= 11 is 8.98. The highest BCUT2D eigenvalue weighted by molar-refractivity contribution is 9.11. The van der Waals surface area contributed by atoms with Gasteiger partial charge in [-0.25, -0.2) is 0 Å². The molecule has 1 aromatic heterocycles. The van der Waals surface area contributed by atoms with Gasteiger partial charge >= 0.3 is 0 Å². The molecular formula is C13H12Br2O2S. The summed E-state index contributed by atoms with van der Waals surface area (Å²) < 4.78 is 11.7. The fourth-order valence-corrected chi connectivity index (χ4v) is 4.51. The Morgan fingerprint density at radius 1 is 1.17 bits per heavy atom. The topological polar surface area (TPSA) is 18.5 Å². The molecule has 0 fully saturated rings. The molecule has 0 amide bonds. The fourth-order valence-electron chi connectivity index (χ4n) is 1.66. The maximum absolute atomic E-state index is 5.43. The highest BCUT2D eigenvalue weighted by Gasteiger charge is 2.19. The average molecular weight is 392 g/mol. The summed E-state index contributed by atoms with van der Waals surface area (Å²) in [6.45, 7) is 0. The van der Waals surface area contributed by atoms with Crippen molar-refractivity contribution >= 4 is 43.2 Å². The molecule has 18 heavy (non-hydrogen) atoms. The van der Waals surface area contributed by atoms with E-state index in [2.05, 4.69) is 37.2 Å². The summed E-state index contributed by atoms with van der Waals surface area (Å²) in [6, 6.07) is 7.90. The monoisotopic (exact) mass is 390 g/mol. The van der Waals surface area contributed by atoms with Crippen LogP contribution in [0.3, 0.4) is 0 Å². The Labute approximate surface area is 127 Å². The van der Waals surface area contributed by atoms with Crippen molar-refractivity contribution in [2.75, 3.05) is 14.2 Å². The van der Waals surface area contributed by atoms with Crippen molar-refractivity contribution in [2.24, 2.45) is 0 Å². The molecule has 0 saturated heterocycles. The molecule has 0 saturated carbocycles. The number of ether oxygens (including phenoxy) is 2. The van der Waals surface area contributed by atoms with E-state index in [9.17, 15) is 0 Å². The number of hydrogen-bond donors (Lipinski definition) is 0. The second kappa shape index (κ2) is 6.08. The van der Waals surface area contributed by atoms with Crippen molar-refractivity contribution in [1.29, 1.82) is 0 Å². The molecule has 1 heterocycles. The Balaban J connectivity index is 2.41. The largest absolute Gasteiger partial charge is 0.497 e. The Morgan fingerprint density at radius 3 is 2.50 bits per heavy atom. The van der Waals surface area contributed by atoms with Gasteiger partial charge in [-0.2, -0.15) is 0 Å². The first-order valence-corrected chi connectivity index (χ1v) is 7.85. The van der Waals surface area contributed by atoms with Crippen molar-refractivity contribution in [1.82, 2.24) is 0 Å². The van der Waals surface area contributed by atoms with Crippen LogP contribution in [0.1, 0.15) is 15.3 Å². The molecule has 2 rings (SSSR count). The van der Waals surface area contributed by atoms with Gasteiger partial charge in [-0.05, 0) is 33.4 Å². The first-order chi connectivity index (χ1) is 8.67. The van der Waals surface area contributed by atoms with E-state index >= 15 is 0 Å². The number of alkyl halides is 1. The van der Waals surface area contributed by atoms with Crippen LogP contribution >= 0.6 is 43.2 Å². The molecule has 0 aliphatic carbocycles. The highest BCUT2D eigenvalue weighted by atomic mass is 79.9. The van der Waals surface area contributed by atoms with Gasteiger partial charge < -0.3 is 9.47 Å². The lowest BCUT2D eigenvalue weighted by molar-refractivity contribution is 0.391. The molecule has 1 aromatic carbocycles. The first kappa shape index (κ1) is 13.9. The standard InChI is InChI=1S/C13H12Br2O2S/c1-16-8-3-4-9(11(7-8)17-2)12(15)13-10(14)5-6-18-13/h3-7,12H,1-2H3. The Kier molecular flexibility index (Phi) is 4.70. The number of thiophene rings is 1. The molecule has 0 spiro atoms. The Bertz CT molecular complexity index is 540. The van der Waals surface area contributed by atoms with Crippen LogP contribution in [0.5, 0.6) is 11.5 Å². The number of rotatable bonds is 4. The van der Waals surface area contributed by atoms with Crippen molar-refractivity contribution in [3.05, 3.63) is 44.6 Å². The summed E-state index contributed by atoms with van der Waals surface area (Å²) in [6.07, 6.45) is 0. The van der Waals surface area contributed by atoms with Crippen LogP contribution in [0, 0.1) is 0 Å². The molecule has 0 radical (unpaired) electrons. The molecule has 96 valence electrons. The highest BCUT2D eigenvalue weighted by Crippen LogP contribution is 2.43. The van der Waals surface area contributed by atoms with Crippen molar-refractivity contribution in [3.63, 3.8) is 0 Å². The summed E-state index contributed by atoms with van der Waals surface area (Å²) in [4.78, 5) is 1.33. The minimum atomic E-state index is 0.104. The maximum Gasteiger partial charge on any atom is 0.127 e. The number of halogens is 2. The predicted molar refractivity (Wildman–Crippen MR) is 82.3 cm³/mol. The summed E-state index contributed by atoms with van der Waals surface area (Å²) in [5, 5.41) is 2.06. The van der Waals surface area contributed by atoms with Gasteiger partial charge in [0.2, 0.25) is 0 Å². The van der Waals surface area contributed by atoms with Gasteiger partial charge in [-0.3, -0.25) is 0 Å². The molecule has 5 heteroatoms. The predicted octanol–water partition coefficient (Wildman–Crippen LogP) is 5.01. The van der Waals surface area contributed by atoms with Gasteiger partial charge in [0.25, 0.3) is 0 Å². The molecule has 2 aromatic rings. The van der Waals surface area contributed by atoms with E-state index in [-0.39, 0.29) is 4.83 Å². The lowest BCUT2D eigenvalue weighted by Gasteiger charge is -2.14. The number of benzene rings is 1. The molecule has 0 aliphatic heterocycles. The SMILES string of the molecule is COc1ccc(C(Br)c2sccc2Br)c(OC)c1. The molecule has 2 nitrogen and oxygen atoms in total. The van der Waals surface area contributed by atoms with Crippen LogP contribution in [0.25, 0.3) is 0 Å². The van der Waals surface area contributed by atoms with E-state index in [1.54, 1.807) is 25.6 Å². The fraction of sp³-hybridized carbons (Fsp3) is 0.231. The summed E-state index contributed by atoms with van der Waals surface area (Å²) in [7, 11) is 3.32. The van der Waals surface area contributed by atoms with Crippen LogP contribution in [-0.2, 0) is 0 Å². The molecule has 1 unspecified atom stereocenters. The van der Waals surface area contributed by atoms with Crippen molar-refractivity contribution in [2.45, 2.75) is 4.83 Å². The third kappa shape index (κ3) is 2.73. The van der Waals surface area contributed by atoms with Crippen LogP contribution in [-0.4, -0.2) is 14.2 Å². The van der Waals surface area contributed by atoms with Gasteiger partial charge in [-0.1, -0.05) is 22.0 Å². The molecule has 0 N–H and O–H groups in total. The number of methoxy groups -OCH3 is 2. The van der Waals surface area contributed by atoms with Crippen LogP contribution in [0.15, 0.2) is 34.1 Å². The molecule has 1 atom stereocenters. The third-order valence-electron chi connectivity index (χ3n) is 2.59. The van der Waals surface area contributed by atoms with E-state index in [0.717, 1.165) is 21.5 Å². The van der Waals surface area contributed by atoms with Crippen molar-refractivity contribution in [3.8, 4) is 11.5 Å². The van der Waals surface area contributed by atoms with Gasteiger partial charge in [-0.15, -0.1) is 11.3 Å². The Morgan fingerprint density at radius 2 is 1.94 bits per heavy atom. The second-order valence-electron chi connectivity index (χ2n) is 3.60. The zero-order valence-electron chi connectivity index (χ0n) is 9.94. The normalized spacial score (nSPS) is 12.2. The lowest BCUT2D eigenvalue weighted by Crippen LogP contribution is -1.96. The van der Waals surface area contributed by atoms with Crippen molar-refractivity contribution < 1.29 is 9.47 Å². The average Bonchev–Trinajstić information content (AvgIpc) is 2.83. The maximum atomic E-state index is 5.43. The van der Waals surface area contributed by atoms with E-state index in [1.165, 1.54) is 4.88 Å². The van der Waals surface area contributed by atoms with Gasteiger partial charge in [0, 0.05) is 21.0 Å². The minimum absolute atomic E-state index is 0.104. The third-order valence-corrected chi connectivity index (χ3v) is 5.78. The van der Waals surface area contributed by atoms with Crippen LogP contribution in [0.4, 0.5) is 0 Å². The summed E-state index contributed by atoms with van der Waals surface area (Å²) in [5.74, 6) is 1.61.